The van der Waals surface area contributed by atoms with Gasteiger partial charge in [0.25, 0.3) is 5.91 Å². The third-order valence-electron chi connectivity index (χ3n) is 4.69. The van der Waals surface area contributed by atoms with Crippen LogP contribution in [0.5, 0.6) is 0 Å². The summed E-state index contributed by atoms with van der Waals surface area (Å²) in [5.74, 6) is -1.53. The van der Waals surface area contributed by atoms with E-state index >= 15 is 0 Å². The van der Waals surface area contributed by atoms with Crippen LogP contribution in [0.4, 0.5) is 18.9 Å². The van der Waals surface area contributed by atoms with Crippen molar-refractivity contribution in [2.75, 3.05) is 11.9 Å². The molecule has 0 atom stereocenters. The molecule has 3 rings (SSSR count). The summed E-state index contributed by atoms with van der Waals surface area (Å²) < 4.78 is 39.0. The number of carboxylic acids is 1. The van der Waals surface area contributed by atoms with Crippen LogP contribution in [0.1, 0.15) is 16.8 Å². The number of amides is 1. The van der Waals surface area contributed by atoms with Crippen molar-refractivity contribution in [1.29, 1.82) is 5.41 Å². The molecule has 0 radical (unpaired) electrons. The Morgan fingerprint density at radius 1 is 1.15 bits per heavy atom. The molecule has 34 heavy (non-hydrogen) atoms. The molecular formula is C22H19F3N6O3. The van der Waals surface area contributed by atoms with Gasteiger partial charge in [-0.2, -0.15) is 13.2 Å². The molecule has 0 saturated heterocycles. The lowest BCUT2D eigenvalue weighted by Gasteiger charge is -2.13. The summed E-state index contributed by atoms with van der Waals surface area (Å²) in [6.45, 7) is 2.73. The highest BCUT2D eigenvalue weighted by Gasteiger charge is 2.33. The SMILES string of the molecule is Cc1cc(-c2ncc3nc(C(F)(F)F)cc(C)c3n2)ccc1NC(=O)/C(=C/C=N)NCC(=O)O. The Morgan fingerprint density at radius 2 is 1.88 bits per heavy atom. The third kappa shape index (κ3) is 5.52. The molecule has 2 aromatic heterocycles. The normalized spacial score (nSPS) is 11.9. The number of pyridine rings is 1. The van der Waals surface area contributed by atoms with Gasteiger partial charge < -0.3 is 21.1 Å². The van der Waals surface area contributed by atoms with E-state index in [0.29, 0.717) is 27.9 Å². The summed E-state index contributed by atoms with van der Waals surface area (Å²) >= 11 is 0. The quantitative estimate of drug-likeness (QED) is 0.305. The maximum Gasteiger partial charge on any atom is 0.433 e. The first-order valence-electron chi connectivity index (χ1n) is 9.80. The second-order valence-electron chi connectivity index (χ2n) is 7.23. The highest BCUT2D eigenvalue weighted by Crippen LogP contribution is 2.31. The van der Waals surface area contributed by atoms with E-state index in [1.54, 1.807) is 25.1 Å². The van der Waals surface area contributed by atoms with Crippen molar-refractivity contribution < 1.29 is 27.9 Å². The molecule has 2 heterocycles. The van der Waals surface area contributed by atoms with Crippen molar-refractivity contribution in [3.05, 3.63) is 59.1 Å². The first-order chi connectivity index (χ1) is 16.0. The standard InChI is InChI=1S/C22H19F3N6O3/c1-11-7-13(3-4-14(11)30-21(34)15(5-6-26)27-10-18(32)33)20-28-9-16-19(31-20)12(2)8-17(29-16)22(23,24)25/h3-9,26-27H,10H2,1-2H3,(H,30,34)(H,32,33)/b15-5-,26-6?. The summed E-state index contributed by atoms with van der Waals surface area (Å²) in [6, 6.07) is 5.84. The molecule has 1 amide bonds. The number of benzene rings is 1. The lowest BCUT2D eigenvalue weighted by molar-refractivity contribution is -0.141. The highest BCUT2D eigenvalue weighted by atomic mass is 19.4. The molecule has 0 aliphatic rings. The van der Waals surface area contributed by atoms with Crippen LogP contribution in [-0.2, 0) is 15.8 Å². The van der Waals surface area contributed by atoms with Crippen molar-refractivity contribution in [3.63, 3.8) is 0 Å². The number of hydrogen-bond acceptors (Lipinski definition) is 7. The van der Waals surface area contributed by atoms with Crippen molar-refractivity contribution in [2.24, 2.45) is 0 Å². The Labute approximate surface area is 191 Å². The van der Waals surface area contributed by atoms with E-state index in [1.807, 2.05) is 0 Å². The average Bonchev–Trinajstić information content (AvgIpc) is 2.77. The Morgan fingerprint density at radius 3 is 2.50 bits per heavy atom. The van der Waals surface area contributed by atoms with E-state index in [9.17, 15) is 22.8 Å². The summed E-state index contributed by atoms with van der Waals surface area (Å²) in [6.07, 6.45) is -1.36. The van der Waals surface area contributed by atoms with E-state index in [2.05, 4.69) is 25.6 Å². The number of aryl methyl sites for hydroxylation is 2. The fourth-order valence-corrected chi connectivity index (χ4v) is 3.07. The van der Waals surface area contributed by atoms with E-state index in [1.165, 1.54) is 13.1 Å². The van der Waals surface area contributed by atoms with Gasteiger partial charge >= 0.3 is 12.1 Å². The Bertz CT molecular complexity index is 1320. The number of allylic oxidation sites excluding steroid dienone is 1. The summed E-state index contributed by atoms with van der Waals surface area (Å²) in [5, 5.41) is 21.0. The number of aromatic nitrogens is 3. The zero-order chi connectivity index (χ0) is 25.0. The molecule has 1 aromatic carbocycles. The Kier molecular flexibility index (Phi) is 6.89. The number of carboxylic acid groups (broad SMARTS) is 1. The van der Waals surface area contributed by atoms with Gasteiger partial charge in [0.05, 0.1) is 11.7 Å². The number of hydrogen-bond donors (Lipinski definition) is 4. The predicted molar refractivity (Wildman–Crippen MR) is 118 cm³/mol. The molecule has 0 bridgehead atoms. The fraction of sp³-hybridized carbons (Fsp3) is 0.182. The smallest absolute Gasteiger partial charge is 0.433 e. The van der Waals surface area contributed by atoms with E-state index in [-0.39, 0.29) is 17.0 Å². The number of aliphatic carboxylic acids is 1. The average molecular weight is 472 g/mol. The molecule has 12 heteroatoms. The first kappa shape index (κ1) is 24.3. The highest BCUT2D eigenvalue weighted by molar-refractivity contribution is 6.06. The number of halogens is 3. The van der Waals surface area contributed by atoms with Crippen LogP contribution in [0.25, 0.3) is 22.4 Å². The number of alkyl halides is 3. The summed E-state index contributed by atoms with van der Waals surface area (Å²) in [5.41, 5.74) is 1.13. The van der Waals surface area contributed by atoms with Gasteiger partial charge in [-0.05, 0) is 55.3 Å². The number of fused-ring (bicyclic) bond motifs is 1. The predicted octanol–water partition coefficient (Wildman–Crippen LogP) is 3.47. The Balaban J connectivity index is 1.87. The number of rotatable bonds is 7. The minimum absolute atomic E-state index is 0.0241. The molecule has 0 saturated carbocycles. The summed E-state index contributed by atoms with van der Waals surface area (Å²) in [7, 11) is 0. The van der Waals surface area contributed by atoms with Gasteiger partial charge in [-0.3, -0.25) is 9.59 Å². The van der Waals surface area contributed by atoms with Crippen molar-refractivity contribution in [2.45, 2.75) is 20.0 Å². The van der Waals surface area contributed by atoms with Gasteiger partial charge in [0.15, 0.2) is 5.82 Å². The largest absolute Gasteiger partial charge is 0.480 e. The zero-order valence-electron chi connectivity index (χ0n) is 18.0. The van der Waals surface area contributed by atoms with Crippen molar-refractivity contribution >= 4 is 34.8 Å². The van der Waals surface area contributed by atoms with E-state index in [4.69, 9.17) is 10.5 Å². The number of carbonyl (C=O) groups excluding carboxylic acids is 1. The molecule has 176 valence electrons. The van der Waals surface area contributed by atoms with Crippen molar-refractivity contribution in [1.82, 2.24) is 20.3 Å². The van der Waals surface area contributed by atoms with Gasteiger partial charge in [0, 0.05) is 17.5 Å². The van der Waals surface area contributed by atoms with Gasteiger partial charge in [-0.15, -0.1) is 0 Å². The summed E-state index contributed by atoms with van der Waals surface area (Å²) in [4.78, 5) is 35.3. The second kappa shape index (κ2) is 9.65. The molecular weight excluding hydrogens is 453 g/mol. The first-order valence-corrected chi connectivity index (χ1v) is 9.80. The van der Waals surface area contributed by atoms with Crippen LogP contribution >= 0.6 is 0 Å². The Hall–Kier alpha value is -4.35. The zero-order valence-corrected chi connectivity index (χ0v) is 18.0. The molecule has 0 aliphatic heterocycles. The van der Waals surface area contributed by atoms with E-state index < -0.39 is 30.3 Å². The molecule has 9 nitrogen and oxygen atoms in total. The van der Waals surface area contributed by atoms with Gasteiger partial charge in [0.1, 0.15) is 23.5 Å². The maximum absolute atomic E-state index is 13.0. The molecule has 3 aromatic rings. The molecule has 0 fully saturated rings. The monoisotopic (exact) mass is 472 g/mol. The number of nitrogens with zero attached hydrogens (tertiary/aromatic N) is 3. The third-order valence-corrected chi connectivity index (χ3v) is 4.69. The van der Waals surface area contributed by atoms with Crippen LogP contribution in [0.2, 0.25) is 0 Å². The number of carbonyl (C=O) groups is 2. The maximum atomic E-state index is 13.0. The molecule has 0 unspecified atom stereocenters. The molecule has 0 spiro atoms. The number of nitrogens with one attached hydrogen (secondary N) is 3. The van der Waals surface area contributed by atoms with Gasteiger partial charge in [-0.1, -0.05) is 0 Å². The van der Waals surface area contributed by atoms with Gasteiger partial charge in [-0.25, -0.2) is 15.0 Å². The van der Waals surface area contributed by atoms with Crippen LogP contribution < -0.4 is 10.6 Å². The minimum atomic E-state index is -4.58. The van der Waals surface area contributed by atoms with Crippen LogP contribution in [0.15, 0.2) is 42.2 Å². The van der Waals surface area contributed by atoms with Gasteiger partial charge in [0.2, 0.25) is 0 Å². The topological polar surface area (TPSA) is 141 Å². The minimum Gasteiger partial charge on any atom is -0.480 e. The van der Waals surface area contributed by atoms with E-state index in [0.717, 1.165) is 18.4 Å². The van der Waals surface area contributed by atoms with Crippen LogP contribution in [-0.4, -0.2) is 44.7 Å². The second-order valence-corrected chi connectivity index (χ2v) is 7.23. The number of anilines is 1. The fourth-order valence-electron chi connectivity index (χ4n) is 3.07. The van der Waals surface area contributed by atoms with Crippen molar-refractivity contribution in [3.8, 4) is 11.4 Å². The van der Waals surface area contributed by atoms with Crippen LogP contribution in [0, 0.1) is 19.3 Å². The lowest BCUT2D eigenvalue weighted by Crippen LogP contribution is -2.30. The molecule has 4 N–H and O–H groups in total. The molecule has 0 aliphatic carbocycles. The lowest BCUT2D eigenvalue weighted by atomic mass is 10.1. The van der Waals surface area contributed by atoms with Crippen LogP contribution in [0.3, 0.4) is 0 Å².